The van der Waals surface area contributed by atoms with Crippen LogP contribution in [0.3, 0.4) is 0 Å². The van der Waals surface area contributed by atoms with Gasteiger partial charge in [-0.25, -0.2) is 9.52 Å². The van der Waals surface area contributed by atoms with Gasteiger partial charge in [0.15, 0.2) is 0 Å². The van der Waals surface area contributed by atoms with E-state index in [1.54, 1.807) is 0 Å². The predicted molar refractivity (Wildman–Crippen MR) is 73.9 cm³/mol. The van der Waals surface area contributed by atoms with Gasteiger partial charge in [0.2, 0.25) is 0 Å². The van der Waals surface area contributed by atoms with Crippen LogP contribution in [0.2, 0.25) is 0 Å². The van der Waals surface area contributed by atoms with Crippen LogP contribution in [0.5, 0.6) is 0 Å². The Bertz CT molecular complexity index is 349. The van der Waals surface area contributed by atoms with Crippen molar-refractivity contribution < 1.29 is 14.6 Å². The van der Waals surface area contributed by atoms with Gasteiger partial charge in [0.25, 0.3) is 0 Å². The molecule has 19 heavy (non-hydrogen) atoms. The fourth-order valence-corrected chi connectivity index (χ4v) is 3.07. The fraction of sp³-hybridized carbons (Fsp3) is 0.769. The number of aliphatic hydroxyl groups is 1. The van der Waals surface area contributed by atoms with Crippen molar-refractivity contribution in [1.82, 2.24) is 9.44 Å². The quantitative estimate of drug-likeness (QED) is 0.389. The number of fused-ring (bicyclic) bond motifs is 1. The Morgan fingerprint density at radius 3 is 2.63 bits per heavy atom. The maximum Gasteiger partial charge on any atom is 0.418 e. The summed E-state index contributed by atoms with van der Waals surface area (Å²) in [6.07, 6.45) is 3.81. The van der Waals surface area contributed by atoms with Crippen LogP contribution in [-0.2, 0) is 4.74 Å². The highest BCUT2D eigenvalue weighted by Gasteiger charge is 2.49. The predicted octanol–water partition coefficient (Wildman–Crippen LogP) is 1.30. The van der Waals surface area contributed by atoms with Gasteiger partial charge in [-0.3, -0.25) is 4.72 Å². The van der Waals surface area contributed by atoms with Gasteiger partial charge in [-0.1, -0.05) is 0 Å². The first kappa shape index (κ1) is 14.5. The van der Waals surface area contributed by atoms with Gasteiger partial charge in [-0.15, -0.1) is 11.8 Å². The summed E-state index contributed by atoms with van der Waals surface area (Å²) in [6.45, 7) is 0.969. The summed E-state index contributed by atoms with van der Waals surface area (Å²) in [7, 11) is 0. The first-order chi connectivity index (χ1) is 9.33. The number of hydrogen-bond donors (Lipinski definition) is 3. The molecule has 5 nitrogen and oxygen atoms in total. The molecule has 0 spiro atoms. The number of aliphatic hydroxyl groups excluding tert-OH is 1. The van der Waals surface area contributed by atoms with Crippen molar-refractivity contribution in [3.05, 3.63) is 0 Å². The van der Waals surface area contributed by atoms with Crippen LogP contribution in [0.15, 0.2) is 0 Å². The number of carbonyl (C=O) groups is 1. The summed E-state index contributed by atoms with van der Waals surface area (Å²) in [6, 6.07) is 0. The molecular weight excluding hydrogens is 264 g/mol. The van der Waals surface area contributed by atoms with E-state index in [0.717, 1.165) is 37.8 Å². The molecule has 0 aromatic heterocycles. The molecule has 1 unspecified atom stereocenters. The van der Waals surface area contributed by atoms with Crippen LogP contribution < -0.4 is 9.44 Å². The molecule has 1 saturated carbocycles. The second-order valence-corrected chi connectivity index (χ2v) is 5.54. The lowest BCUT2D eigenvalue weighted by molar-refractivity contribution is 0.144. The van der Waals surface area contributed by atoms with Gasteiger partial charge in [-0.2, -0.15) is 0 Å². The maximum atomic E-state index is 11.4. The van der Waals surface area contributed by atoms with E-state index < -0.39 is 6.09 Å². The van der Waals surface area contributed by atoms with E-state index in [2.05, 4.69) is 21.3 Å². The van der Waals surface area contributed by atoms with Crippen molar-refractivity contribution in [1.29, 1.82) is 0 Å². The fourth-order valence-electron chi connectivity index (χ4n) is 2.66. The molecule has 1 fully saturated rings. The Hall–Kier alpha value is -0.900. The molecule has 6 heteroatoms. The van der Waals surface area contributed by atoms with E-state index in [0.29, 0.717) is 30.9 Å². The zero-order valence-electron chi connectivity index (χ0n) is 10.9. The molecule has 2 rings (SSSR count). The lowest BCUT2D eigenvalue weighted by Gasteiger charge is -2.06. The van der Waals surface area contributed by atoms with Crippen LogP contribution in [0.1, 0.15) is 25.7 Å². The highest BCUT2D eigenvalue weighted by Crippen LogP contribution is 2.52. The second kappa shape index (κ2) is 7.63. The van der Waals surface area contributed by atoms with E-state index in [4.69, 9.17) is 9.84 Å². The zero-order chi connectivity index (χ0) is 13.5. The monoisotopic (exact) mass is 284 g/mol. The molecule has 1 amide bonds. The standard InChI is InChI=1S/C13H20N2O3S/c16-8-7-14-19-15-13(17)18-9-12-10-5-3-1-2-4-6-11(10)12/h10-12,14,16H,3-9H2,(H,15,17)/t10-,11+,12?. The van der Waals surface area contributed by atoms with Gasteiger partial charge in [0.05, 0.1) is 13.2 Å². The van der Waals surface area contributed by atoms with Crippen LogP contribution in [-0.4, -0.2) is 31.0 Å². The highest BCUT2D eigenvalue weighted by atomic mass is 32.2. The Morgan fingerprint density at radius 1 is 1.32 bits per heavy atom. The second-order valence-electron chi connectivity index (χ2n) is 4.84. The van der Waals surface area contributed by atoms with E-state index in [-0.39, 0.29) is 6.61 Å². The average Bonchev–Trinajstić information content (AvgIpc) is 3.02. The molecule has 0 aromatic rings. The third kappa shape index (κ3) is 4.60. The van der Waals surface area contributed by atoms with E-state index in [1.165, 1.54) is 0 Å². The smallest absolute Gasteiger partial charge is 0.418 e. The number of ether oxygens (including phenoxy) is 1. The Labute approximate surface area is 118 Å². The first-order valence-corrected chi connectivity index (χ1v) is 7.52. The van der Waals surface area contributed by atoms with E-state index in [9.17, 15) is 4.79 Å². The Balaban J connectivity index is 1.58. The van der Waals surface area contributed by atoms with Crippen molar-refractivity contribution in [3.8, 4) is 11.8 Å². The third-order valence-corrected chi connectivity index (χ3v) is 4.28. The molecule has 0 radical (unpaired) electrons. The number of rotatable bonds is 6. The summed E-state index contributed by atoms with van der Waals surface area (Å²) in [5.74, 6) is 8.25. The lowest BCUT2D eigenvalue weighted by Crippen LogP contribution is -2.24. The number of amides is 1. The SMILES string of the molecule is O=C(NSNCCO)OCC1[C@H]2CCC#CCC[C@@H]12. The molecule has 0 bridgehead atoms. The molecule has 0 aromatic carbocycles. The molecule has 106 valence electrons. The van der Waals surface area contributed by atoms with Crippen LogP contribution in [0.25, 0.3) is 0 Å². The van der Waals surface area contributed by atoms with Crippen LogP contribution in [0.4, 0.5) is 4.79 Å². The summed E-state index contributed by atoms with van der Waals surface area (Å²) >= 11 is 1.04. The Morgan fingerprint density at radius 2 is 2.00 bits per heavy atom. The zero-order valence-corrected chi connectivity index (χ0v) is 11.7. The number of hydrogen-bond acceptors (Lipinski definition) is 5. The van der Waals surface area contributed by atoms with Crippen molar-refractivity contribution in [3.63, 3.8) is 0 Å². The topological polar surface area (TPSA) is 70.6 Å². The van der Waals surface area contributed by atoms with Crippen LogP contribution in [0, 0.1) is 29.6 Å². The minimum Gasteiger partial charge on any atom is -0.449 e. The molecule has 0 heterocycles. The molecule has 3 N–H and O–H groups in total. The Kier molecular flexibility index (Phi) is 5.83. The summed E-state index contributed by atoms with van der Waals surface area (Å²) in [5, 5.41) is 8.55. The lowest BCUT2D eigenvalue weighted by atomic mass is 10.1. The first-order valence-electron chi connectivity index (χ1n) is 6.71. The normalized spacial score (nSPS) is 28.2. The minimum absolute atomic E-state index is 0.0389. The number of carbonyl (C=O) groups excluding carboxylic acids is 1. The van der Waals surface area contributed by atoms with Gasteiger partial charge < -0.3 is 9.84 Å². The van der Waals surface area contributed by atoms with Crippen molar-refractivity contribution in [2.45, 2.75) is 25.7 Å². The van der Waals surface area contributed by atoms with Gasteiger partial charge >= 0.3 is 6.09 Å². The molecule has 2 aliphatic carbocycles. The van der Waals surface area contributed by atoms with Crippen molar-refractivity contribution in [2.24, 2.45) is 17.8 Å². The minimum atomic E-state index is -0.425. The van der Waals surface area contributed by atoms with Crippen molar-refractivity contribution >= 4 is 18.2 Å². The molecule has 0 saturated heterocycles. The summed E-state index contributed by atoms with van der Waals surface area (Å²) in [4.78, 5) is 11.4. The van der Waals surface area contributed by atoms with Gasteiger partial charge in [-0.05, 0) is 30.6 Å². The third-order valence-electron chi connectivity index (χ3n) is 3.67. The maximum absolute atomic E-state index is 11.4. The largest absolute Gasteiger partial charge is 0.449 e. The summed E-state index contributed by atoms with van der Waals surface area (Å²) in [5.41, 5.74) is 0. The van der Waals surface area contributed by atoms with Gasteiger partial charge in [0, 0.05) is 31.5 Å². The van der Waals surface area contributed by atoms with Crippen molar-refractivity contribution in [2.75, 3.05) is 19.8 Å². The molecule has 0 aliphatic heterocycles. The number of nitrogens with one attached hydrogen (secondary N) is 2. The summed E-state index contributed by atoms with van der Waals surface area (Å²) < 4.78 is 10.5. The average molecular weight is 284 g/mol. The van der Waals surface area contributed by atoms with Crippen LogP contribution >= 0.6 is 12.1 Å². The van der Waals surface area contributed by atoms with Gasteiger partial charge in [0.1, 0.15) is 0 Å². The highest BCUT2D eigenvalue weighted by molar-refractivity contribution is 7.96. The molecule has 3 atom stereocenters. The molecular formula is C13H20N2O3S. The van der Waals surface area contributed by atoms with E-state index in [1.807, 2.05) is 0 Å². The van der Waals surface area contributed by atoms with E-state index >= 15 is 0 Å². The molecule has 2 aliphatic rings.